The predicted molar refractivity (Wildman–Crippen MR) is 116 cm³/mol. The summed E-state index contributed by atoms with van der Waals surface area (Å²) in [6.07, 6.45) is 1.25. The number of anilines is 1. The van der Waals surface area contributed by atoms with Crippen LogP contribution in [0, 0.1) is 20.8 Å². The number of fused-ring (bicyclic) bond motifs is 1. The highest BCUT2D eigenvalue weighted by Crippen LogP contribution is 2.33. The van der Waals surface area contributed by atoms with Gasteiger partial charge in [-0.2, -0.15) is 0 Å². The first kappa shape index (κ1) is 21.7. The van der Waals surface area contributed by atoms with Crippen molar-refractivity contribution in [2.75, 3.05) is 11.9 Å². The fourth-order valence-electron chi connectivity index (χ4n) is 2.99. The molecule has 3 N–H and O–H groups in total. The fourth-order valence-corrected chi connectivity index (χ4v) is 5.05. The number of thiophene rings is 2. The SMILES string of the molecule is CCOC(=O)c1c(NC(=O)Cn2cnc3sc(C(N)=O)c(C)c3c2=O)sc(C)c1C. The van der Waals surface area contributed by atoms with Crippen LogP contribution in [-0.2, 0) is 16.1 Å². The molecule has 0 bridgehead atoms. The Morgan fingerprint density at radius 3 is 2.53 bits per heavy atom. The van der Waals surface area contributed by atoms with Crippen molar-refractivity contribution in [3.05, 3.63) is 43.1 Å². The average Bonchev–Trinajstić information content (AvgIpc) is 3.15. The first-order chi connectivity index (χ1) is 14.1. The highest BCUT2D eigenvalue weighted by Gasteiger charge is 2.23. The average molecular weight is 449 g/mol. The Hall–Kier alpha value is -3.05. The first-order valence-corrected chi connectivity index (χ1v) is 10.6. The zero-order valence-corrected chi connectivity index (χ0v) is 18.5. The lowest BCUT2D eigenvalue weighted by molar-refractivity contribution is -0.116. The number of hydrogen-bond donors (Lipinski definition) is 2. The number of aromatic nitrogens is 2. The van der Waals surface area contributed by atoms with Crippen molar-refractivity contribution >= 4 is 55.7 Å². The number of ether oxygens (including phenoxy) is 1. The topological polar surface area (TPSA) is 133 Å². The maximum atomic E-state index is 12.8. The van der Waals surface area contributed by atoms with E-state index in [-0.39, 0.29) is 23.4 Å². The number of hydrogen-bond acceptors (Lipinski definition) is 8. The number of nitrogens with one attached hydrogen (secondary N) is 1. The van der Waals surface area contributed by atoms with Gasteiger partial charge in [0.15, 0.2) is 0 Å². The van der Waals surface area contributed by atoms with Gasteiger partial charge in [0.1, 0.15) is 16.4 Å². The van der Waals surface area contributed by atoms with Crippen molar-refractivity contribution in [3.63, 3.8) is 0 Å². The van der Waals surface area contributed by atoms with Crippen molar-refractivity contribution in [2.45, 2.75) is 34.2 Å². The summed E-state index contributed by atoms with van der Waals surface area (Å²) >= 11 is 2.31. The van der Waals surface area contributed by atoms with E-state index in [1.54, 1.807) is 20.8 Å². The van der Waals surface area contributed by atoms with E-state index >= 15 is 0 Å². The smallest absolute Gasteiger partial charge is 0.341 e. The van der Waals surface area contributed by atoms with E-state index in [1.165, 1.54) is 17.7 Å². The molecule has 158 valence electrons. The Bertz CT molecular complexity index is 1240. The van der Waals surface area contributed by atoms with Crippen LogP contribution in [0.25, 0.3) is 10.2 Å². The van der Waals surface area contributed by atoms with Crippen LogP contribution in [0.1, 0.15) is 43.0 Å². The molecular weight excluding hydrogens is 428 g/mol. The van der Waals surface area contributed by atoms with Crippen molar-refractivity contribution in [3.8, 4) is 0 Å². The minimum absolute atomic E-state index is 0.217. The monoisotopic (exact) mass is 448 g/mol. The van der Waals surface area contributed by atoms with Gasteiger partial charge >= 0.3 is 5.97 Å². The third-order valence-corrected chi connectivity index (χ3v) is 6.91. The third-order valence-electron chi connectivity index (χ3n) is 4.57. The summed E-state index contributed by atoms with van der Waals surface area (Å²) in [6, 6.07) is 0. The molecule has 3 heterocycles. The lowest BCUT2D eigenvalue weighted by Gasteiger charge is -2.08. The summed E-state index contributed by atoms with van der Waals surface area (Å²) in [7, 11) is 0. The van der Waals surface area contributed by atoms with Gasteiger partial charge in [0.05, 0.1) is 28.8 Å². The number of nitrogens with zero attached hydrogens (tertiary/aromatic N) is 2. The van der Waals surface area contributed by atoms with E-state index in [0.29, 0.717) is 21.0 Å². The quantitative estimate of drug-likeness (QED) is 0.556. The second-order valence-electron chi connectivity index (χ2n) is 6.53. The van der Waals surface area contributed by atoms with Crippen molar-refractivity contribution in [1.82, 2.24) is 9.55 Å². The molecule has 0 atom stereocenters. The number of rotatable bonds is 6. The Kier molecular flexibility index (Phi) is 6.04. The predicted octanol–water partition coefficient (Wildman–Crippen LogP) is 2.36. The van der Waals surface area contributed by atoms with Gasteiger partial charge in [0.25, 0.3) is 11.5 Å². The van der Waals surface area contributed by atoms with E-state index in [1.807, 2.05) is 6.92 Å². The lowest BCUT2D eigenvalue weighted by Crippen LogP contribution is -2.28. The van der Waals surface area contributed by atoms with E-state index in [4.69, 9.17) is 10.5 Å². The Balaban J connectivity index is 1.90. The van der Waals surface area contributed by atoms with Gasteiger partial charge in [-0.15, -0.1) is 22.7 Å². The second-order valence-corrected chi connectivity index (χ2v) is 8.76. The van der Waals surface area contributed by atoms with Gasteiger partial charge in [-0.1, -0.05) is 0 Å². The van der Waals surface area contributed by atoms with Crippen LogP contribution in [0.2, 0.25) is 0 Å². The van der Waals surface area contributed by atoms with E-state index in [9.17, 15) is 19.2 Å². The summed E-state index contributed by atoms with van der Waals surface area (Å²) in [5.41, 5.74) is 6.40. The normalized spacial score (nSPS) is 10.9. The van der Waals surface area contributed by atoms with Gasteiger partial charge in [0.2, 0.25) is 5.91 Å². The van der Waals surface area contributed by atoms with Crippen molar-refractivity contribution in [1.29, 1.82) is 0 Å². The summed E-state index contributed by atoms with van der Waals surface area (Å²) < 4.78 is 6.23. The van der Waals surface area contributed by atoms with Crippen LogP contribution >= 0.6 is 22.7 Å². The molecule has 3 aromatic rings. The zero-order chi connectivity index (χ0) is 22.2. The molecule has 0 aliphatic rings. The maximum absolute atomic E-state index is 12.8. The highest BCUT2D eigenvalue weighted by atomic mass is 32.1. The fraction of sp³-hybridized carbons (Fsp3) is 0.316. The molecule has 0 saturated carbocycles. The van der Waals surface area contributed by atoms with Gasteiger partial charge in [-0.3, -0.25) is 19.0 Å². The number of esters is 1. The summed E-state index contributed by atoms with van der Waals surface area (Å²) in [6.45, 7) is 6.86. The molecule has 9 nitrogen and oxygen atoms in total. The third kappa shape index (κ3) is 3.85. The standard InChI is InChI=1S/C19H20N4O5S2/c1-5-28-19(27)13-8(2)10(4)29-17(13)22-11(24)6-23-7-21-16-12(18(23)26)9(3)14(30-16)15(20)25/h7H,5-6H2,1-4H3,(H2,20,25)(H,22,24). The summed E-state index contributed by atoms with van der Waals surface area (Å²) in [5, 5.41) is 3.33. The highest BCUT2D eigenvalue weighted by molar-refractivity contribution is 7.20. The summed E-state index contributed by atoms with van der Waals surface area (Å²) in [4.78, 5) is 54.9. The van der Waals surface area contributed by atoms with Crippen LogP contribution in [0.4, 0.5) is 5.00 Å². The van der Waals surface area contributed by atoms with E-state index < -0.39 is 23.3 Å². The van der Waals surface area contributed by atoms with Crippen LogP contribution < -0.4 is 16.6 Å². The van der Waals surface area contributed by atoms with Crippen LogP contribution in [0.15, 0.2) is 11.1 Å². The van der Waals surface area contributed by atoms with Crippen LogP contribution in [-0.4, -0.2) is 33.9 Å². The molecular formula is C19H20N4O5S2. The van der Waals surface area contributed by atoms with E-state index in [2.05, 4.69) is 10.3 Å². The molecule has 0 aromatic carbocycles. The summed E-state index contributed by atoms with van der Waals surface area (Å²) in [5.74, 6) is -1.63. The van der Waals surface area contributed by atoms with E-state index in [0.717, 1.165) is 26.3 Å². The largest absolute Gasteiger partial charge is 0.462 e. The van der Waals surface area contributed by atoms with Gasteiger partial charge < -0.3 is 15.8 Å². The van der Waals surface area contributed by atoms with Crippen LogP contribution in [0.5, 0.6) is 0 Å². The zero-order valence-electron chi connectivity index (χ0n) is 16.8. The molecule has 3 rings (SSSR count). The van der Waals surface area contributed by atoms with Gasteiger partial charge in [-0.25, -0.2) is 9.78 Å². The van der Waals surface area contributed by atoms with Gasteiger partial charge in [-0.05, 0) is 38.8 Å². The van der Waals surface area contributed by atoms with Crippen LogP contribution in [0.3, 0.4) is 0 Å². The first-order valence-electron chi connectivity index (χ1n) is 9.00. The molecule has 3 aromatic heterocycles. The number of nitrogens with two attached hydrogens (primary N) is 1. The molecule has 0 fully saturated rings. The molecule has 11 heteroatoms. The Morgan fingerprint density at radius 2 is 1.90 bits per heavy atom. The second kappa shape index (κ2) is 8.36. The Morgan fingerprint density at radius 1 is 1.20 bits per heavy atom. The number of amides is 2. The molecule has 0 aliphatic carbocycles. The molecule has 0 spiro atoms. The van der Waals surface area contributed by atoms with Crippen molar-refractivity contribution < 1.29 is 19.1 Å². The number of carbonyl (C=O) groups excluding carboxylic acids is 3. The molecule has 0 radical (unpaired) electrons. The number of carbonyl (C=O) groups is 3. The molecule has 0 unspecified atom stereocenters. The molecule has 0 saturated heterocycles. The maximum Gasteiger partial charge on any atom is 0.341 e. The molecule has 2 amide bonds. The minimum Gasteiger partial charge on any atom is -0.462 e. The minimum atomic E-state index is -0.630. The number of aryl methyl sites for hydroxylation is 2. The van der Waals surface area contributed by atoms with Gasteiger partial charge in [0, 0.05) is 4.88 Å². The molecule has 30 heavy (non-hydrogen) atoms. The lowest BCUT2D eigenvalue weighted by atomic mass is 10.1. The molecule has 0 aliphatic heterocycles. The Labute approximate surface area is 179 Å². The van der Waals surface area contributed by atoms with Crippen molar-refractivity contribution in [2.24, 2.45) is 5.73 Å². The number of primary amides is 1.